The molecule has 17 heavy (non-hydrogen) atoms. The number of ether oxygens (including phenoxy) is 1. The summed E-state index contributed by atoms with van der Waals surface area (Å²) in [5, 5.41) is 0. The zero-order valence-corrected chi connectivity index (χ0v) is 10.7. The normalized spacial score (nSPS) is 8.29. The van der Waals surface area contributed by atoms with Gasteiger partial charge in [0, 0.05) is 22.8 Å². The molecule has 0 aromatic heterocycles. The maximum atomic E-state index is 10.9. The van der Waals surface area contributed by atoms with E-state index in [9.17, 15) is 4.79 Å². The Bertz CT molecular complexity index is 396. The van der Waals surface area contributed by atoms with E-state index < -0.39 is 0 Å². The van der Waals surface area contributed by atoms with Crippen molar-refractivity contribution >= 4 is 5.97 Å². The molecule has 96 valence electrons. The van der Waals surface area contributed by atoms with E-state index in [1.54, 1.807) is 31.2 Å². The molecule has 0 bridgehead atoms. The molecule has 0 spiro atoms. The Morgan fingerprint density at radius 3 is 1.88 bits per heavy atom. The van der Waals surface area contributed by atoms with Gasteiger partial charge in [0.25, 0.3) is 5.97 Å². The Morgan fingerprint density at radius 1 is 1.12 bits per heavy atom. The average Bonchev–Trinajstić information content (AvgIpc) is 2.92. The summed E-state index contributed by atoms with van der Waals surface area (Å²) in [4.78, 5) is 10.9. The van der Waals surface area contributed by atoms with Crippen LogP contribution in [0.1, 0.15) is 6.92 Å². The molecule has 0 aliphatic heterocycles. The van der Waals surface area contributed by atoms with Gasteiger partial charge < -0.3 is 39.9 Å². The first-order chi connectivity index (χ1) is 7.70. The molecule has 0 fully saturated rings. The molecule has 0 saturated carbocycles. The molecule has 0 amide bonds. The molecule has 0 heterocycles. The Balaban J connectivity index is 0.000000360. The molecule has 0 saturated heterocycles. The topological polar surface area (TPSA) is 26.3 Å². The smallest absolute Gasteiger partial charge is 0.260 e. The molecule has 0 aliphatic carbocycles. The summed E-state index contributed by atoms with van der Waals surface area (Å²) < 4.78 is 4.88. The summed E-state index contributed by atoms with van der Waals surface area (Å²) >= 11 is 0. The first kappa shape index (κ1) is 15.4. The Morgan fingerprint density at radius 2 is 1.53 bits per heavy atom. The van der Waals surface area contributed by atoms with Gasteiger partial charge in [-0.25, -0.2) is 0 Å². The summed E-state index contributed by atoms with van der Waals surface area (Å²) in [6.07, 6.45) is 0. The van der Waals surface area contributed by atoms with E-state index in [-0.39, 0.29) is 23.0 Å². The summed E-state index contributed by atoms with van der Waals surface area (Å²) in [7, 11) is 0. The second kappa shape index (κ2) is 8.57. The van der Waals surface area contributed by atoms with Gasteiger partial charge in [-0.3, -0.25) is 0 Å². The Hall–Kier alpha value is -1.57. The van der Waals surface area contributed by atoms with E-state index >= 15 is 0 Å². The minimum atomic E-state index is -0.379. The standard InChI is InChI=1S/C9H9O2.C5H5.Fe/c1-7(2)9(10)11-8-5-3-4-6-8;1-2-4-5-3-1;/h3-6H,1H2,2H3;1-5H;/q-1;-5;. The fourth-order valence-corrected chi connectivity index (χ4v) is 0.939. The van der Waals surface area contributed by atoms with Gasteiger partial charge in [-0.2, -0.15) is 12.1 Å². The monoisotopic (exact) mass is 270 g/mol. The number of esters is 1. The third-order valence-electron chi connectivity index (χ3n) is 1.75. The van der Waals surface area contributed by atoms with Gasteiger partial charge in [-0.05, 0) is 12.5 Å². The van der Waals surface area contributed by atoms with Crippen molar-refractivity contribution in [2.45, 2.75) is 6.92 Å². The SMILES string of the molecule is C=C(C)C(=O)O[c-]1cccc1.[Fe].[cH-]1[cH-][cH-][cH-][cH-]1. The molecule has 2 nitrogen and oxygen atoms in total. The number of carbonyl (C=O) groups is 1. The van der Waals surface area contributed by atoms with Crippen molar-refractivity contribution < 1.29 is 26.6 Å². The molecule has 0 aliphatic rings. The molecule has 0 radical (unpaired) electrons. The molecule has 0 unspecified atom stereocenters. The van der Waals surface area contributed by atoms with Gasteiger partial charge in [-0.1, -0.05) is 6.58 Å². The van der Waals surface area contributed by atoms with E-state index in [1.165, 1.54) is 0 Å². The summed E-state index contributed by atoms with van der Waals surface area (Å²) in [6.45, 7) is 5.08. The van der Waals surface area contributed by atoms with Crippen LogP contribution in [0.4, 0.5) is 0 Å². The zero-order chi connectivity index (χ0) is 11.8. The molecule has 2 rings (SSSR count). The van der Waals surface area contributed by atoms with Crippen LogP contribution in [0, 0.1) is 0 Å². The number of hydrogen-bond donors (Lipinski definition) is 0. The molecule has 2 aromatic carbocycles. The van der Waals surface area contributed by atoms with Crippen molar-refractivity contribution in [3.63, 3.8) is 0 Å². The van der Waals surface area contributed by atoms with Crippen LogP contribution in [0.15, 0.2) is 66.7 Å². The van der Waals surface area contributed by atoms with Gasteiger partial charge in [0.15, 0.2) is 0 Å². The van der Waals surface area contributed by atoms with Crippen LogP contribution >= 0.6 is 0 Å². The predicted octanol–water partition coefficient (Wildman–Crippen LogP) is 3.29. The van der Waals surface area contributed by atoms with Gasteiger partial charge in [0.1, 0.15) is 0 Å². The Kier molecular flexibility index (Phi) is 7.78. The summed E-state index contributed by atoms with van der Waals surface area (Å²) in [5.74, 6) is 0.189. The van der Waals surface area contributed by atoms with Crippen molar-refractivity contribution in [3.8, 4) is 5.75 Å². The molecular weight excluding hydrogens is 256 g/mol. The Labute approximate surface area is 112 Å². The minimum absolute atomic E-state index is 0. The molecule has 0 atom stereocenters. The van der Waals surface area contributed by atoms with E-state index in [1.807, 2.05) is 30.3 Å². The van der Waals surface area contributed by atoms with Crippen LogP contribution in [0.25, 0.3) is 0 Å². The third kappa shape index (κ3) is 6.56. The minimum Gasteiger partial charge on any atom is -0.748 e. The largest absolute Gasteiger partial charge is 0.748 e. The van der Waals surface area contributed by atoms with Gasteiger partial charge in [0.05, 0.1) is 0 Å². The number of carbonyl (C=O) groups excluding carboxylic acids is 1. The average molecular weight is 270 g/mol. The van der Waals surface area contributed by atoms with Crippen LogP contribution in [0.3, 0.4) is 0 Å². The molecule has 0 N–H and O–H groups in total. The van der Waals surface area contributed by atoms with Gasteiger partial charge in [0.2, 0.25) is 0 Å². The second-order valence-corrected chi connectivity index (χ2v) is 3.25. The third-order valence-corrected chi connectivity index (χ3v) is 1.75. The first-order valence-electron chi connectivity index (χ1n) is 4.96. The van der Waals surface area contributed by atoms with Crippen molar-refractivity contribution in [1.29, 1.82) is 0 Å². The quantitative estimate of drug-likeness (QED) is 0.362. The molecular formula is C14H14FeO2-6. The van der Waals surface area contributed by atoms with Crippen LogP contribution in [-0.2, 0) is 21.9 Å². The summed E-state index contributed by atoms with van der Waals surface area (Å²) in [5.41, 5.74) is 0.409. The number of hydrogen-bond acceptors (Lipinski definition) is 2. The summed E-state index contributed by atoms with van der Waals surface area (Å²) in [6, 6.07) is 17.1. The van der Waals surface area contributed by atoms with Crippen LogP contribution in [-0.4, -0.2) is 5.97 Å². The van der Waals surface area contributed by atoms with Crippen LogP contribution in [0.5, 0.6) is 5.75 Å². The van der Waals surface area contributed by atoms with Crippen molar-refractivity contribution in [2.24, 2.45) is 0 Å². The maximum Gasteiger partial charge on any atom is 0.260 e. The van der Waals surface area contributed by atoms with Crippen molar-refractivity contribution in [2.75, 3.05) is 0 Å². The first-order valence-corrected chi connectivity index (χ1v) is 4.96. The predicted molar refractivity (Wildman–Crippen MR) is 64.5 cm³/mol. The maximum absolute atomic E-state index is 10.9. The van der Waals surface area contributed by atoms with Gasteiger partial charge in [-0.15, -0.1) is 12.1 Å². The number of rotatable bonds is 2. The van der Waals surface area contributed by atoms with Crippen molar-refractivity contribution in [3.05, 3.63) is 66.7 Å². The fourth-order valence-electron chi connectivity index (χ4n) is 0.939. The van der Waals surface area contributed by atoms with Gasteiger partial charge >= 0.3 is 0 Å². The molecule has 3 heteroatoms. The van der Waals surface area contributed by atoms with Crippen molar-refractivity contribution in [1.82, 2.24) is 0 Å². The fraction of sp³-hybridized carbons (Fsp3) is 0.0714. The van der Waals surface area contributed by atoms with E-state index in [0.717, 1.165) is 0 Å². The van der Waals surface area contributed by atoms with E-state index in [0.29, 0.717) is 11.3 Å². The zero-order valence-electron chi connectivity index (χ0n) is 9.57. The second-order valence-electron chi connectivity index (χ2n) is 3.25. The van der Waals surface area contributed by atoms with Crippen LogP contribution < -0.4 is 4.74 Å². The van der Waals surface area contributed by atoms with E-state index in [2.05, 4.69) is 6.58 Å². The molecule has 2 aromatic rings. The van der Waals surface area contributed by atoms with Crippen LogP contribution in [0.2, 0.25) is 0 Å². The van der Waals surface area contributed by atoms with E-state index in [4.69, 9.17) is 4.74 Å².